The number of nitrogens with one attached hydrogen (secondary N) is 1. The maximum Gasteiger partial charge on any atom is 0.335 e. The molecule has 4 aromatic carbocycles. The van der Waals surface area contributed by atoms with E-state index in [1.54, 1.807) is 35.2 Å². The molecule has 0 aromatic heterocycles. The lowest BCUT2D eigenvalue weighted by molar-refractivity contribution is -0.122. The number of amides is 2. The van der Waals surface area contributed by atoms with Crippen molar-refractivity contribution in [3.8, 4) is 11.1 Å². The van der Waals surface area contributed by atoms with Crippen LogP contribution in [0.2, 0.25) is 0 Å². The SMILES string of the molecule is O=C(O)c1cccc(-c2ccc(CNC(=O)[C@@H]3C[C@H]3c3ccccc3)c3c2CCN(C(=O)c2ccccc2F)C3)c1. The second kappa shape index (κ2) is 11.0. The second-order valence-corrected chi connectivity index (χ2v) is 10.6. The van der Waals surface area contributed by atoms with E-state index in [9.17, 15) is 23.9 Å². The van der Waals surface area contributed by atoms with Gasteiger partial charge in [-0.3, -0.25) is 9.59 Å². The number of carbonyl (C=O) groups excluding carboxylic acids is 2. The average molecular weight is 549 g/mol. The van der Waals surface area contributed by atoms with Crippen LogP contribution in [0.15, 0.2) is 91.0 Å². The third-order valence-electron chi connectivity index (χ3n) is 8.13. The molecule has 2 amide bonds. The van der Waals surface area contributed by atoms with E-state index < -0.39 is 11.8 Å². The molecule has 2 aliphatic rings. The van der Waals surface area contributed by atoms with Crippen LogP contribution in [0.3, 0.4) is 0 Å². The quantitative estimate of drug-likeness (QED) is 0.305. The van der Waals surface area contributed by atoms with Crippen molar-refractivity contribution in [2.24, 2.45) is 5.92 Å². The molecular formula is C34H29FN2O4. The van der Waals surface area contributed by atoms with Crippen molar-refractivity contribution in [2.75, 3.05) is 6.54 Å². The summed E-state index contributed by atoms with van der Waals surface area (Å²) < 4.78 is 14.5. The van der Waals surface area contributed by atoms with E-state index in [4.69, 9.17) is 0 Å². The summed E-state index contributed by atoms with van der Waals surface area (Å²) in [5.74, 6) is -1.79. The largest absolute Gasteiger partial charge is 0.478 e. The monoisotopic (exact) mass is 548 g/mol. The van der Waals surface area contributed by atoms with Gasteiger partial charge in [0.05, 0.1) is 11.1 Å². The fraction of sp³-hybridized carbons (Fsp3) is 0.206. The molecule has 4 aromatic rings. The minimum Gasteiger partial charge on any atom is -0.478 e. The van der Waals surface area contributed by atoms with E-state index in [2.05, 4.69) is 5.32 Å². The number of nitrogens with zero attached hydrogens (tertiary/aromatic N) is 1. The number of aromatic carboxylic acids is 1. The summed E-state index contributed by atoms with van der Waals surface area (Å²) >= 11 is 0. The first-order chi connectivity index (χ1) is 19.9. The summed E-state index contributed by atoms with van der Waals surface area (Å²) in [4.78, 5) is 39.6. The van der Waals surface area contributed by atoms with Crippen molar-refractivity contribution in [1.82, 2.24) is 10.2 Å². The number of carboxylic acids is 1. The molecule has 0 bridgehead atoms. The van der Waals surface area contributed by atoms with E-state index in [0.717, 1.165) is 34.2 Å². The van der Waals surface area contributed by atoms with E-state index in [0.29, 0.717) is 19.5 Å². The van der Waals surface area contributed by atoms with Crippen LogP contribution in [0.5, 0.6) is 0 Å². The van der Waals surface area contributed by atoms with Gasteiger partial charge >= 0.3 is 5.97 Å². The lowest BCUT2D eigenvalue weighted by Crippen LogP contribution is -2.37. The third kappa shape index (κ3) is 5.35. The number of rotatable bonds is 7. The Morgan fingerprint density at radius 1 is 0.902 bits per heavy atom. The van der Waals surface area contributed by atoms with Gasteiger partial charge in [0, 0.05) is 25.6 Å². The Morgan fingerprint density at radius 3 is 2.46 bits per heavy atom. The van der Waals surface area contributed by atoms with E-state index in [1.165, 1.54) is 17.7 Å². The minimum absolute atomic E-state index is 0.000868. The number of carbonyl (C=O) groups is 3. The van der Waals surface area contributed by atoms with Crippen LogP contribution >= 0.6 is 0 Å². The smallest absolute Gasteiger partial charge is 0.335 e. The molecule has 0 saturated heterocycles. The highest BCUT2D eigenvalue weighted by Gasteiger charge is 2.43. The lowest BCUT2D eigenvalue weighted by Gasteiger charge is -2.32. The molecule has 0 spiro atoms. The number of hydrogen-bond donors (Lipinski definition) is 2. The van der Waals surface area contributed by atoms with Crippen molar-refractivity contribution in [2.45, 2.75) is 31.8 Å². The van der Waals surface area contributed by atoms with Gasteiger partial charge in [-0.15, -0.1) is 0 Å². The van der Waals surface area contributed by atoms with Gasteiger partial charge in [0.2, 0.25) is 5.91 Å². The van der Waals surface area contributed by atoms with Crippen molar-refractivity contribution < 1.29 is 23.9 Å². The molecule has 1 aliphatic carbocycles. The van der Waals surface area contributed by atoms with Gasteiger partial charge in [0.1, 0.15) is 5.82 Å². The van der Waals surface area contributed by atoms with Crippen LogP contribution in [0.1, 0.15) is 55.3 Å². The number of halogens is 1. The minimum atomic E-state index is -1.00. The highest BCUT2D eigenvalue weighted by molar-refractivity contribution is 5.95. The predicted molar refractivity (Wildman–Crippen MR) is 153 cm³/mol. The molecule has 6 rings (SSSR count). The fourth-order valence-corrected chi connectivity index (χ4v) is 5.84. The molecule has 1 aliphatic heterocycles. The Morgan fingerprint density at radius 2 is 1.68 bits per heavy atom. The molecular weight excluding hydrogens is 519 g/mol. The van der Waals surface area contributed by atoms with Gasteiger partial charge in [-0.05, 0) is 76.4 Å². The van der Waals surface area contributed by atoms with E-state index in [-0.39, 0.29) is 41.3 Å². The lowest BCUT2D eigenvalue weighted by atomic mass is 9.87. The van der Waals surface area contributed by atoms with Crippen molar-refractivity contribution in [1.29, 1.82) is 0 Å². The summed E-state index contributed by atoms with van der Waals surface area (Å²) in [7, 11) is 0. The maximum absolute atomic E-state index is 14.5. The first-order valence-corrected chi connectivity index (χ1v) is 13.7. The van der Waals surface area contributed by atoms with E-state index in [1.807, 2.05) is 48.5 Å². The summed E-state index contributed by atoms with van der Waals surface area (Å²) in [5.41, 5.74) is 5.83. The molecule has 1 heterocycles. The molecule has 2 atom stereocenters. The molecule has 206 valence electrons. The van der Waals surface area contributed by atoms with Gasteiger partial charge in [-0.1, -0.05) is 66.7 Å². The first kappa shape index (κ1) is 26.4. The molecule has 6 nitrogen and oxygen atoms in total. The van der Waals surface area contributed by atoms with Crippen LogP contribution in [0.25, 0.3) is 11.1 Å². The highest BCUT2D eigenvalue weighted by Crippen LogP contribution is 2.47. The Kier molecular flexibility index (Phi) is 7.10. The zero-order chi connectivity index (χ0) is 28.5. The number of hydrogen-bond acceptors (Lipinski definition) is 3. The molecule has 1 saturated carbocycles. The van der Waals surface area contributed by atoms with E-state index >= 15 is 0 Å². The van der Waals surface area contributed by atoms with Crippen molar-refractivity contribution >= 4 is 17.8 Å². The van der Waals surface area contributed by atoms with Gasteiger partial charge in [0.25, 0.3) is 5.91 Å². The zero-order valence-corrected chi connectivity index (χ0v) is 22.3. The first-order valence-electron chi connectivity index (χ1n) is 13.7. The van der Waals surface area contributed by atoms with Gasteiger partial charge in [-0.25, -0.2) is 9.18 Å². The normalized spacial score (nSPS) is 17.4. The summed E-state index contributed by atoms with van der Waals surface area (Å²) in [6.45, 7) is 0.953. The zero-order valence-electron chi connectivity index (χ0n) is 22.3. The van der Waals surface area contributed by atoms with Crippen LogP contribution in [-0.2, 0) is 24.3 Å². The molecule has 1 fully saturated rings. The van der Waals surface area contributed by atoms with Crippen molar-refractivity contribution in [3.63, 3.8) is 0 Å². The summed E-state index contributed by atoms with van der Waals surface area (Å²) in [6, 6.07) is 26.7. The molecule has 2 N–H and O–H groups in total. The molecule has 7 heteroatoms. The van der Waals surface area contributed by atoms with Gasteiger partial charge in [-0.2, -0.15) is 0 Å². The molecule has 0 radical (unpaired) electrons. The standard InChI is InChI=1S/C34H29FN2O4/c35-31-12-5-4-11-27(31)33(39)37-16-15-26-25(22-9-6-10-23(17-22)34(40)41)14-13-24(30(26)20-37)19-36-32(38)29-18-28(29)21-7-2-1-3-8-21/h1-14,17,28-29H,15-16,18-20H2,(H,36,38)(H,40,41)/t28-,29+/m0/s1. The predicted octanol–water partition coefficient (Wildman–Crippen LogP) is 5.81. The van der Waals surface area contributed by atoms with Crippen LogP contribution in [0, 0.1) is 11.7 Å². The average Bonchev–Trinajstić information content (AvgIpc) is 3.81. The topological polar surface area (TPSA) is 86.7 Å². The van der Waals surface area contributed by atoms with Crippen LogP contribution < -0.4 is 5.32 Å². The Labute approximate surface area is 237 Å². The Balaban J connectivity index is 1.29. The Hall–Kier alpha value is -4.78. The number of fused-ring (bicyclic) bond motifs is 1. The maximum atomic E-state index is 14.5. The van der Waals surface area contributed by atoms with Crippen LogP contribution in [-0.4, -0.2) is 34.3 Å². The Bertz CT molecular complexity index is 1650. The second-order valence-electron chi connectivity index (χ2n) is 10.6. The molecule has 0 unspecified atom stereocenters. The van der Waals surface area contributed by atoms with Gasteiger partial charge < -0.3 is 15.3 Å². The van der Waals surface area contributed by atoms with Crippen molar-refractivity contribution in [3.05, 3.63) is 130 Å². The highest BCUT2D eigenvalue weighted by atomic mass is 19.1. The number of carboxylic acid groups (broad SMARTS) is 1. The van der Waals surface area contributed by atoms with Gasteiger partial charge in [0.15, 0.2) is 0 Å². The fourth-order valence-electron chi connectivity index (χ4n) is 5.84. The van der Waals surface area contributed by atoms with Crippen LogP contribution in [0.4, 0.5) is 4.39 Å². The molecule has 41 heavy (non-hydrogen) atoms. The summed E-state index contributed by atoms with van der Waals surface area (Å²) in [6.07, 6.45) is 1.33. The summed E-state index contributed by atoms with van der Waals surface area (Å²) in [5, 5.41) is 12.6. The number of benzene rings is 4. The third-order valence-corrected chi connectivity index (χ3v) is 8.13.